The normalized spacial score (nSPS) is 13.6. The quantitative estimate of drug-likeness (QED) is 0.512. The molecule has 0 amide bonds. The molecule has 4 heteroatoms. The second-order valence-electron chi connectivity index (χ2n) is 6.28. The van der Waals surface area contributed by atoms with Gasteiger partial charge in [-0.1, -0.05) is 32.9 Å². The van der Waals surface area contributed by atoms with Gasteiger partial charge in [-0.2, -0.15) is 0 Å². The van der Waals surface area contributed by atoms with Gasteiger partial charge in [0.2, 0.25) is 0 Å². The Balaban J connectivity index is 3.00. The molecule has 0 bridgehead atoms. The molecular formula is C15H25NO2Si. The molecule has 0 fully saturated rings. The van der Waals surface area contributed by atoms with Gasteiger partial charge in [0.15, 0.2) is 15.3 Å². The van der Waals surface area contributed by atoms with Crippen LogP contribution >= 0.6 is 0 Å². The number of carbonyl (C=O) groups excluding carboxylic acids is 1. The Morgan fingerprint density at radius 3 is 2.47 bits per heavy atom. The Kier molecular flexibility index (Phi) is 5.32. The number of hydrogen-bond acceptors (Lipinski definition) is 3. The van der Waals surface area contributed by atoms with E-state index in [4.69, 9.17) is 10.2 Å². The van der Waals surface area contributed by atoms with Gasteiger partial charge in [-0.3, -0.25) is 4.79 Å². The molecule has 0 aliphatic carbocycles. The lowest BCUT2D eigenvalue weighted by molar-refractivity contribution is 0.0869. The highest BCUT2D eigenvalue weighted by Gasteiger charge is 2.27. The first-order valence-electron chi connectivity index (χ1n) is 6.73. The molecule has 0 heterocycles. The van der Waals surface area contributed by atoms with Gasteiger partial charge in [0.1, 0.15) is 0 Å². The molecule has 1 atom stereocenters. The SMILES string of the molecule is C[SiH](C)OC(Cc1cccc(C=O)c1N)C(C)(C)C. The number of hydrogen-bond donors (Lipinski definition) is 1. The molecule has 2 N–H and O–H groups in total. The van der Waals surface area contributed by atoms with E-state index in [2.05, 4.69) is 33.9 Å². The number of aldehydes is 1. The summed E-state index contributed by atoms with van der Waals surface area (Å²) in [5.74, 6) is 0. The summed E-state index contributed by atoms with van der Waals surface area (Å²) in [5, 5.41) is 0. The third-order valence-corrected chi connectivity index (χ3v) is 4.04. The highest BCUT2D eigenvalue weighted by Crippen LogP contribution is 2.28. The van der Waals surface area contributed by atoms with E-state index >= 15 is 0 Å². The Bertz CT molecular complexity index is 438. The first kappa shape index (κ1) is 15.9. The minimum atomic E-state index is -1.11. The lowest BCUT2D eigenvalue weighted by Gasteiger charge is -2.33. The number of para-hydroxylation sites is 1. The highest BCUT2D eigenvalue weighted by atomic mass is 28.3. The molecule has 19 heavy (non-hydrogen) atoms. The van der Waals surface area contributed by atoms with Crippen molar-refractivity contribution in [1.29, 1.82) is 0 Å². The van der Waals surface area contributed by atoms with E-state index in [-0.39, 0.29) is 11.5 Å². The summed E-state index contributed by atoms with van der Waals surface area (Å²) in [4.78, 5) is 10.9. The lowest BCUT2D eigenvalue weighted by atomic mass is 9.85. The zero-order valence-electron chi connectivity index (χ0n) is 12.6. The molecule has 0 saturated carbocycles. The Labute approximate surface area is 117 Å². The summed E-state index contributed by atoms with van der Waals surface area (Å²) in [6.07, 6.45) is 1.69. The van der Waals surface area contributed by atoms with Crippen LogP contribution in [0.5, 0.6) is 0 Å². The summed E-state index contributed by atoms with van der Waals surface area (Å²) >= 11 is 0. The van der Waals surface area contributed by atoms with E-state index in [9.17, 15) is 4.79 Å². The summed E-state index contributed by atoms with van der Waals surface area (Å²) in [6, 6.07) is 5.60. The predicted molar refractivity (Wildman–Crippen MR) is 83.2 cm³/mol. The number of rotatable bonds is 5. The van der Waals surface area contributed by atoms with Crippen LogP contribution < -0.4 is 5.73 Å². The average molecular weight is 279 g/mol. The standard InChI is InChI=1S/C15H25NO2Si/c1-15(2,3)13(18-19(4)5)9-11-7-6-8-12(10-17)14(11)16/h6-8,10,13,19H,9,16H2,1-5H3. The molecule has 1 unspecified atom stereocenters. The summed E-state index contributed by atoms with van der Waals surface area (Å²) in [6.45, 7) is 10.9. The molecule has 1 rings (SSSR count). The Morgan fingerprint density at radius 2 is 2.00 bits per heavy atom. The Morgan fingerprint density at radius 1 is 1.37 bits per heavy atom. The number of carbonyl (C=O) groups is 1. The summed E-state index contributed by atoms with van der Waals surface area (Å²) in [5.41, 5.74) is 8.24. The van der Waals surface area contributed by atoms with E-state index in [1.54, 1.807) is 6.07 Å². The van der Waals surface area contributed by atoms with Crippen molar-refractivity contribution in [2.75, 3.05) is 5.73 Å². The topological polar surface area (TPSA) is 52.3 Å². The third-order valence-electron chi connectivity index (χ3n) is 3.16. The lowest BCUT2D eigenvalue weighted by Crippen LogP contribution is -2.35. The van der Waals surface area contributed by atoms with Gasteiger partial charge in [0.05, 0.1) is 6.10 Å². The first-order chi connectivity index (χ1) is 8.75. The molecule has 1 aromatic carbocycles. The van der Waals surface area contributed by atoms with Gasteiger partial charge in [0, 0.05) is 11.3 Å². The monoisotopic (exact) mass is 279 g/mol. The number of benzene rings is 1. The van der Waals surface area contributed by atoms with Gasteiger partial charge < -0.3 is 10.2 Å². The Hall–Kier alpha value is -1.13. The van der Waals surface area contributed by atoms with Crippen molar-refractivity contribution < 1.29 is 9.22 Å². The fourth-order valence-electron chi connectivity index (χ4n) is 2.00. The van der Waals surface area contributed by atoms with Crippen LogP contribution in [0.25, 0.3) is 0 Å². The molecule has 0 spiro atoms. The van der Waals surface area contributed by atoms with Crippen LogP contribution in [0.3, 0.4) is 0 Å². The maximum Gasteiger partial charge on any atom is 0.171 e. The second-order valence-corrected chi connectivity index (χ2v) is 8.65. The van der Waals surface area contributed by atoms with Gasteiger partial charge in [-0.25, -0.2) is 0 Å². The van der Waals surface area contributed by atoms with E-state index < -0.39 is 9.04 Å². The minimum Gasteiger partial charge on any atom is -0.417 e. The van der Waals surface area contributed by atoms with E-state index in [1.165, 1.54) is 0 Å². The van der Waals surface area contributed by atoms with Crippen LogP contribution in [0.1, 0.15) is 36.7 Å². The van der Waals surface area contributed by atoms with Crippen LogP contribution in [0.15, 0.2) is 18.2 Å². The number of anilines is 1. The molecule has 106 valence electrons. The van der Waals surface area contributed by atoms with Crippen molar-refractivity contribution in [3.8, 4) is 0 Å². The number of nitrogens with two attached hydrogens (primary N) is 1. The zero-order valence-corrected chi connectivity index (χ0v) is 13.7. The number of nitrogen functional groups attached to an aromatic ring is 1. The molecule has 3 nitrogen and oxygen atoms in total. The van der Waals surface area contributed by atoms with Crippen molar-refractivity contribution in [3.63, 3.8) is 0 Å². The van der Waals surface area contributed by atoms with Crippen LogP contribution in [-0.2, 0) is 10.8 Å². The van der Waals surface area contributed by atoms with Gasteiger partial charge >= 0.3 is 0 Å². The maximum atomic E-state index is 10.9. The molecule has 0 saturated heterocycles. The van der Waals surface area contributed by atoms with Crippen LogP contribution in [0.4, 0.5) is 5.69 Å². The van der Waals surface area contributed by atoms with Crippen LogP contribution in [-0.4, -0.2) is 21.4 Å². The van der Waals surface area contributed by atoms with Crippen molar-refractivity contribution in [2.24, 2.45) is 5.41 Å². The van der Waals surface area contributed by atoms with E-state index in [0.29, 0.717) is 11.3 Å². The van der Waals surface area contributed by atoms with E-state index in [1.807, 2.05) is 12.1 Å². The van der Waals surface area contributed by atoms with Gasteiger partial charge in [0.25, 0.3) is 0 Å². The van der Waals surface area contributed by atoms with Crippen LogP contribution in [0, 0.1) is 5.41 Å². The first-order valence-corrected chi connectivity index (χ1v) is 9.51. The van der Waals surface area contributed by atoms with Crippen molar-refractivity contribution in [3.05, 3.63) is 29.3 Å². The molecule has 0 radical (unpaired) electrons. The minimum absolute atomic E-state index is 0.0564. The smallest absolute Gasteiger partial charge is 0.171 e. The second kappa shape index (κ2) is 6.35. The zero-order chi connectivity index (χ0) is 14.6. The molecule has 1 aromatic rings. The molecule has 0 aliphatic heterocycles. The third kappa shape index (κ3) is 4.47. The van der Waals surface area contributed by atoms with Crippen molar-refractivity contribution in [1.82, 2.24) is 0 Å². The van der Waals surface area contributed by atoms with E-state index in [0.717, 1.165) is 18.3 Å². The molecule has 0 aromatic heterocycles. The predicted octanol–water partition coefficient (Wildman–Crippen LogP) is 3.04. The fourth-order valence-corrected chi connectivity index (χ4v) is 3.16. The molecule has 0 aliphatic rings. The van der Waals surface area contributed by atoms with Crippen molar-refractivity contribution >= 4 is 21.0 Å². The average Bonchev–Trinajstić information content (AvgIpc) is 2.29. The fraction of sp³-hybridized carbons (Fsp3) is 0.533. The summed E-state index contributed by atoms with van der Waals surface area (Å²) < 4.78 is 6.14. The van der Waals surface area contributed by atoms with Crippen LogP contribution in [0.2, 0.25) is 13.1 Å². The van der Waals surface area contributed by atoms with Gasteiger partial charge in [-0.05, 0) is 36.6 Å². The molecular weight excluding hydrogens is 254 g/mol. The van der Waals surface area contributed by atoms with Crippen molar-refractivity contribution in [2.45, 2.75) is 46.4 Å². The largest absolute Gasteiger partial charge is 0.417 e. The highest BCUT2D eigenvalue weighted by molar-refractivity contribution is 6.48. The summed E-state index contributed by atoms with van der Waals surface area (Å²) in [7, 11) is -1.11. The maximum absolute atomic E-state index is 10.9. The van der Waals surface area contributed by atoms with Gasteiger partial charge in [-0.15, -0.1) is 0 Å².